The number of amides is 1. The third kappa shape index (κ3) is 3.98. The molecule has 1 amide bonds. The van der Waals surface area contributed by atoms with Crippen LogP contribution in [0.5, 0.6) is 0 Å². The number of likely N-dealkylation sites (N-methyl/N-ethyl adjacent to an activating group) is 1. The summed E-state index contributed by atoms with van der Waals surface area (Å²) in [5, 5.41) is 4.07. The number of benzene rings is 1. The smallest absolute Gasteiger partial charge is 0.239 e. The molecule has 21 heavy (non-hydrogen) atoms. The SMILES string of the molecule is CCC1CCNC(C(=O)N(C)C(C)c2cccc(Cl)c2)C1. The van der Waals surface area contributed by atoms with E-state index in [2.05, 4.69) is 12.2 Å². The van der Waals surface area contributed by atoms with Crippen LogP contribution in [0.4, 0.5) is 0 Å². The molecule has 0 spiro atoms. The Labute approximate surface area is 132 Å². The van der Waals surface area contributed by atoms with Crippen molar-refractivity contribution in [2.75, 3.05) is 13.6 Å². The van der Waals surface area contributed by atoms with Gasteiger partial charge >= 0.3 is 0 Å². The van der Waals surface area contributed by atoms with Gasteiger partial charge in [-0.2, -0.15) is 0 Å². The van der Waals surface area contributed by atoms with Crippen molar-refractivity contribution >= 4 is 17.5 Å². The van der Waals surface area contributed by atoms with Gasteiger partial charge in [-0.25, -0.2) is 0 Å². The standard InChI is InChI=1S/C17H25ClN2O/c1-4-13-8-9-19-16(10-13)17(21)20(3)12(2)14-6-5-7-15(18)11-14/h5-7,11-13,16,19H,4,8-10H2,1-3H3. The van der Waals surface area contributed by atoms with E-state index in [-0.39, 0.29) is 18.0 Å². The molecule has 1 heterocycles. The average Bonchev–Trinajstić information content (AvgIpc) is 2.52. The van der Waals surface area contributed by atoms with Crippen molar-refractivity contribution in [3.8, 4) is 0 Å². The highest BCUT2D eigenvalue weighted by Crippen LogP contribution is 2.25. The minimum absolute atomic E-state index is 0.0278. The fourth-order valence-electron chi connectivity index (χ4n) is 2.98. The van der Waals surface area contributed by atoms with Crippen molar-refractivity contribution in [1.29, 1.82) is 0 Å². The van der Waals surface area contributed by atoms with Crippen molar-refractivity contribution in [2.45, 2.75) is 45.2 Å². The Morgan fingerprint density at radius 2 is 2.29 bits per heavy atom. The van der Waals surface area contributed by atoms with E-state index in [0.717, 1.165) is 24.9 Å². The predicted molar refractivity (Wildman–Crippen MR) is 87.4 cm³/mol. The van der Waals surface area contributed by atoms with E-state index in [1.54, 1.807) is 0 Å². The van der Waals surface area contributed by atoms with Crippen molar-refractivity contribution in [3.05, 3.63) is 34.9 Å². The highest BCUT2D eigenvalue weighted by atomic mass is 35.5. The Hall–Kier alpha value is -1.06. The van der Waals surface area contributed by atoms with Gasteiger partial charge in [0.25, 0.3) is 0 Å². The molecule has 1 aromatic carbocycles. The molecule has 3 atom stereocenters. The van der Waals surface area contributed by atoms with E-state index in [1.165, 1.54) is 6.42 Å². The highest BCUT2D eigenvalue weighted by Gasteiger charge is 2.30. The van der Waals surface area contributed by atoms with Crippen LogP contribution >= 0.6 is 11.6 Å². The molecule has 1 aliphatic heterocycles. The summed E-state index contributed by atoms with van der Waals surface area (Å²) in [4.78, 5) is 14.5. The Morgan fingerprint density at radius 3 is 2.95 bits per heavy atom. The summed E-state index contributed by atoms with van der Waals surface area (Å²) in [6, 6.07) is 7.71. The topological polar surface area (TPSA) is 32.3 Å². The first-order chi connectivity index (χ1) is 10.0. The maximum Gasteiger partial charge on any atom is 0.239 e. The summed E-state index contributed by atoms with van der Waals surface area (Å²) in [6.45, 7) is 5.19. The monoisotopic (exact) mass is 308 g/mol. The van der Waals surface area contributed by atoms with Crippen molar-refractivity contribution in [1.82, 2.24) is 10.2 Å². The van der Waals surface area contributed by atoms with Crippen LogP contribution in [-0.2, 0) is 4.79 Å². The molecule has 2 rings (SSSR count). The van der Waals surface area contributed by atoms with Crippen molar-refractivity contribution in [2.24, 2.45) is 5.92 Å². The molecule has 0 bridgehead atoms. The van der Waals surface area contributed by atoms with Gasteiger partial charge in [-0.3, -0.25) is 4.79 Å². The summed E-state index contributed by atoms with van der Waals surface area (Å²) >= 11 is 6.04. The molecule has 3 unspecified atom stereocenters. The lowest BCUT2D eigenvalue weighted by molar-refractivity contribution is -0.135. The molecule has 1 fully saturated rings. The van der Waals surface area contributed by atoms with Crippen LogP contribution in [0.3, 0.4) is 0 Å². The van der Waals surface area contributed by atoms with E-state index >= 15 is 0 Å². The average molecular weight is 309 g/mol. The Kier molecular flexibility index (Phi) is 5.65. The predicted octanol–water partition coefficient (Wildman–Crippen LogP) is 3.64. The third-order valence-corrected chi connectivity index (χ3v) is 4.88. The van der Waals surface area contributed by atoms with Crippen LogP contribution in [0.15, 0.2) is 24.3 Å². The summed E-state index contributed by atoms with van der Waals surface area (Å²) in [5.74, 6) is 0.843. The van der Waals surface area contributed by atoms with E-state index in [4.69, 9.17) is 11.6 Å². The minimum atomic E-state index is -0.0460. The molecule has 1 aliphatic rings. The fourth-order valence-corrected chi connectivity index (χ4v) is 3.18. The molecule has 0 radical (unpaired) electrons. The molecule has 1 N–H and O–H groups in total. The maximum absolute atomic E-state index is 12.7. The zero-order chi connectivity index (χ0) is 15.4. The summed E-state index contributed by atoms with van der Waals surface area (Å²) < 4.78 is 0. The van der Waals surface area contributed by atoms with Gasteiger partial charge in [0, 0.05) is 12.1 Å². The van der Waals surface area contributed by atoms with Crippen LogP contribution in [-0.4, -0.2) is 30.4 Å². The Bertz CT molecular complexity index is 491. The van der Waals surface area contributed by atoms with E-state index in [9.17, 15) is 4.79 Å². The molecule has 1 aromatic rings. The molecule has 4 heteroatoms. The first kappa shape index (κ1) is 16.3. The first-order valence-electron chi connectivity index (χ1n) is 7.78. The van der Waals surface area contributed by atoms with Gasteiger partial charge in [0.1, 0.15) is 0 Å². The van der Waals surface area contributed by atoms with Crippen LogP contribution in [0, 0.1) is 5.92 Å². The van der Waals surface area contributed by atoms with Gasteiger partial charge in [0.15, 0.2) is 0 Å². The largest absolute Gasteiger partial charge is 0.338 e. The minimum Gasteiger partial charge on any atom is -0.338 e. The molecule has 3 nitrogen and oxygen atoms in total. The lowest BCUT2D eigenvalue weighted by atomic mass is 9.89. The number of piperidine rings is 1. The second kappa shape index (κ2) is 7.28. The van der Waals surface area contributed by atoms with E-state index in [1.807, 2.05) is 43.1 Å². The van der Waals surface area contributed by atoms with Gasteiger partial charge in [0.2, 0.25) is 5.91 Å². The number of nitrogens with one attached hydrogen (secondary N) is 1. The van der Waals surface area contributed by atoms with Crippen LogP contribution < -0.4 is 5.32 Å². The number of halogens is 1. The van der Waals surface area contributed by atoms with Crippen LogP contribution in [0.2, 0.25) is 5.02 Å². The number of nitrogens with zero attached hydrogens (tertiary/aromatic N) is 1. The summed E-state index contributed by atoms with van der Waals surface area (Å²) in [5.41, 5.74) is 1.07. The second-order valence-corrected chi connectivity index (χ2v) is 6.42. The van der Waals surface area contributed by atoms with Crippen LogP contribution in [0.25, 0.3) is 0 Å². The fraction of sp³-hybridized carbons (Fsp3) is 0.588. The second-order valence-electron chi connectivity index (χ2n) is 5.99. The Morgan fingerprint density at radius 1 is 1.52 bits per heavy atom. The van der Waals surface area contributed by atoms with E-state index in [0.29, 0.717) is 10.9 Å². The molecule has 1 saturated heterocycles. The van der Waals surface area contributed by atoms with Gasteiger partial charge in [-0.1, -0.05) is 37.1 Å². The zero-order valence-corrected chi connectivity index (χ0v) is 13.9. The molecule has 0 aromatic heterocycles. The highest BCUT2D eigenvalue weighted by molar-refractivity contribution is 6.30. The maximum atomic E-state index is 12.7. The number of rotatable bonds is 4. The lowest BCUT2D eigenvalue weighted by Crippen LogP contribution is -2.49. The van der Waals surface area contributed by atoms with Gasteiger partial charge < -0.3 is 10.2 Å². The molecular formula is C17H25ClN2O. The number of hydrogen-bond donors (Lipinski definition) is 1. The third-order valence-electron chi connectivity index (χ3n) is 4.65. The molecule has 0 saturated carbocycles. The number of hydrogen-bond acceptors (Lipinski definition) is 2. The summed E-state index contributed by atoms with van der Waals surface area (Å²) in [7, 11) is 1.88. The number of carbonyl (C=O) groups is 1. The lowest BCUT2D eigenvalue weighted by Gasteiger charge is -2.34. The van der Waals surface area contributed by atoms with Crippen molar-refractivity contribution < 1.29 is 4.79 Å². The van der Waals surface area contributed by atoms with Gasteiger partial charge in [-0.05, 0) is 49.9 Å². The molecular weight excluding hydrogens is 284 g/mol. The number of carbonyl (C=O) groups excluding carboxylic acids is 1. The summed E-state index contributed by atoms with van der Waals surface area (Å²) in [6.07, 6.45) is 3.27. The zero-order valence-electron chi connectivity index (χ0n) is 13.1. The van der Waals surface area contributed by atoms with Crippen molar-refractivity contribution in [3.63, 3.8) is 0 Å². The quantitative estimate of drug-likeness (QED) is 0.921. The molecule has 116 valence electrons. The van der Waals surface area contributed by atoms with Crippen LogP contribution in [0.1, 0.15) is 44.7 Å². The van der Waals surface area contributed by atoms with Gasteiger partial charge in [-0.15, -0.1) is 0 Å². The van der Waals surface area contributed by atoms with E-state index < -0.39 is 0 Å². The Balaban J connectivity index is 2.04. The molecule has 0 aliphatic carbocycles. The van der Waals surface area contributed by atoms with Gasteiger partial charge in [0.05, 0.1) is 12.1 Å². The first-order valence-corrected chi connectivity index (χ1v) is 8.16. The normalized spacial score (nSPS) is 23.6.